The second kappa shape index (κ2) is 18.1. The predicted molar refractivity (Wildman–Crippen MR) is 217 cm³/mol. The molecular weight excluding hydrogens is 707 g/mol. The van der Waals surface area contributed by atoms with E-state index in [0.717, 1.165) is 64.6 Å². The summed E-state index contributed by atoms with van der Waals surface area (Å²) < 4.78 is 4.87. The van der Waals surface area contributed by atoms with E-state index in [1.165, 1.54) is 65.4 Å². The fourth-order valence-electron chi connectivity index (χ4n) is 7.81. The minimum atomic E-state index is -0.718. The number of nitrogens with zero attached hydrogens (tertiary/aromatic N) is 3. The Bertz CT molecular complexity index is 1920. The molecule has 6 rings (SSSR count). The van der Waals surface area contributed by atoms with Gasteiger partial charge in [-0.2, -0.15) is 0 Å². The summed E-state index contributed by atoms with van der Waals surface area (Å²) in [6.07, 6.45) is 24.1. The molecule has 276 valence electrons. The SMILES string of the molecule is CCn1c(C=C2C=C3C=C(/C=C4\Sc5cc(SC)c(SC)cc5N4CCCCCC(=O)O)CCC3CC2)[n+](CCCCCC(=O)O)c2ccccc21. The van der Waals surface area contributed by atoms with Crippen molar-refractivity contribution in [1.29, 1.82) is 0 Å². The third kappa shape index (κ3) is 9.05. The Kier molecular flexibility index (Phi) is 13.4. The van der Waals surface area contributed by atoms with Crippen LogP contribution in [0.1, 0.15) is 89.8 Å². The first-order valence-corrected chi connectivity index (χ1v) is 22.1. The first-order chi connectivity index (χ1) is 25.3. The lowest BCUT2D eigenvalue weighted by Gasteiger charge is -2.29. The summed E-state index contributed by atoms with van der Waals surface area (Å²) in [5, 5.41) is 19.5. The van der Waals surface area contributed by atoms with Crippen LogP contribution in [0.25, 0.3) is 17.1 Å². The van der Waals surface area contributed by atoms with Crippen molar-refractivity contribution in [2.45, 2.75) is 112 Å². The Labute approximate surface area is 321 Å². The normalized spacial score (nSPS) is 18.5. The van der Waals surface area contributed by atoms with Gasteiger partial charge >= 0.3 is 11.9 Å². The minimum absolute atomic E-state index is 0.232. The number of fused-ring (bicyclic) bond motifs is 3. The molecule has 0 spiro atoms. The van der Waals surface area contributed by atoms with Gasteiger partial charge in [0.25, 0.3) is 5.82 Å². The quantitative estimate of drug-likeness (QED) is 0.0800. The number of anilines is 1. The van der Waals surface area contributed by atoms with Crippen molar-refractivity contribution < 1.29 is 24.4 Å². The molecule has 1 aromatic heterocycles. The van der Waals surface area contributed by atoms with Crippen LogP contribution in [0.15, 0.2) is 91.1 Å². The van der Waals surface area contributed by atoms with Crippen molar-refractivity contribution in [2.24, 2.45) is 5.92 Å². The second-order valence-electron chi connectivity index (χ2n) is 13.9. The van der Waals surface area contributed by atoms with Gasteiger partial charge in [0.05, 0.1) is 23.8 Å². The van der Waals surface area contributed by atoms with Crippen molar-refractivity contribution in [3.63, 3.8) is 0 Å². The van der Waals surface area contributed by atoms with Gasteiger partial charge in [0.2, 0.25) is 0 Å². The first-order valence-electron chi connectivity index (χ1n) is 18.8. The van der Waals surface area contributed by atoms with Crippen LogP contribution < -0.4 is 9.47 Å². The number of hydrogen-bond donors (Lipinski definition) is 2. The fraction of sp³-hybridized carbons (Fsp3) is 0.452. The minimum Gasteiger partial charge on any atom is -0.481 e. The smallest absolute Gasteiger partial charge is 0.303 e. The number of aliphatic carboxylic acids is 2. The molecule has 0 saturated heterocycles. The van der Waals surface area contributed by atoms with Gasteiger partial charge in [-0.05, 0) is 130 Å². The van der Waals surface area contributed by atoms with Crippen LogP contribution in [-0.2, 0) is 22.7 Å². The highest BCUT2D eigenvalue weighted by molar-refractivity contribution is 8.04. The number of benzene rings is 2. The zero-order chi connectivity index (χ0) is 36.6. The molecule has 0 radical (unpaired) electrons. The van der Waals surface area contributed by atoms with Crippen LogP contribution in [0.4, 0.5) is 5.69 Å². The van der Waals surface area contributed by atoms with Crippen molar-refractivity contribution >= 4 is 70.0 Å². The summed E-state index contributed by atoms with van der Waals surface area (Å²) in [6.45, 7) is 4.85. The highest BCUT2D eigenvalue weighted by atomic mass is 32.2. The lowest BCUT2D eigenvalue weighted by Crippen LogP contribution is -2.36. The van der Waals surface area contributed by atoms with Gasteiger partial charge in [-0.3, -0.25) is 9.59 Å². The van der Waals surface area contributed by atoms with Crippen LogP contribution in [0.3, 0.4) is 0 Å². The molecule has 7 nitrogen and oxygen atoms in total. The molecule has 2 heterocycles. The highest BCUT2D eigenvalue weighted by Gasteiger charge is 2.29. The summed E-state index contributed by atoms with van der Waals surface area (Å²) in [5.74, 6) is 0.378. The monoisotopic (exact) mass is 758 g/mol. The number of aryl methyl sites for hydroxylation is 2. The Hall–Kier alpha value is -3.34. The number of unbranched alkanes of at least 4 members (excludes halogenated alkanes) is 4. The second-order valence-corrected chi connectivity index (χ2v) is 16.7. The van der Waals surface area contributed by atoms with E-state index in [9.17, 15) is 9.59 Å². The van der Waals surface area contributed by atoms with E-state index in [0.29, 0.717) is 18.8 Å². The van der Waals surface area contributed by atoms with E-state index < -0.39 is 11.9 Å². The van der Waals surface area contributed by atoms with E-state index >= 15 is 0 Å². The zero-order valence-corrected chi connectivity index (χ0v) is 33.2. The van der Waals surface area contributed by atoms with Crippen LogP contribution in [0, 0.1) is 5.92 Å². The number of carboxylic acid groups (broad SMARTS) is 2. The summed E-state index contributed by atoms with van der Waals surface area (Å²) in [4.78, 5) is 28.6. The van der Waals surface area contributed by atoms with E-state index in [-0.39, 0.29) is 12.8 Å². The number of carbonyl (C=O) groups is 2. The number of aromatic nitrogens is 2. The van der Waals surface area contributed by atoms with Crippen LogP contribution in [0.2, 0.25) is 0 Å². The summed E-state index contributed by atoms with van der Waals surface area (Å²) in [7, 11) is 0. The Balaban J connectivity index is 1.28. The number of hydrogen-bond acceptors (Lipinski definition) is 6. The van der Waals surface area contributed by atoms with Crippen LogP contribution >= 0.6 is 35.3 Å². The third-order valence-corrected chi connectivity index (χ3v) is 13.3. The van der Waals surface area contributed by atoms with Gasteiger partial charge in [-0.15, -0.1) is 23.5 Å². The van der Waals surface area contributed by atoms with E-state index in [1.54, 1.807) is 23.5 Å². The average molecular weight is 759 g/mol. The van der Waals surface area contributed by atoms with E-state index in [4.69, 9.17) is 10.2 Å². The summed E-state index contributed by atoms with van der Waals surface area (Å²) in [5.41, 5.74) is 7.93. The fourth-order valence-corrected chi connectivity index (χ4v) is 10.6. The highest BCUT2D eigenvalue weighted by Crippen LogP contribution is 2.50. The molecule has 1 atom stereocenters. The van der Waals surface area contributed by atoms with Gasteiger partial charge < -0.3 is 15.1 Å². The third-order valence-electron chi connectivity index (χ3n) is 10.5. The van der Waals surface area contributed by atoms with Gasteiger partial charge in [0.15, 0.2) is 11.0 Å². The Morgan fingerprint density at radius 2 is 1.62 bits per heavy atom. The van der Waals surface area contributed by atoms with Crippen molar-refractivity contribution in [3.8, 4) is 0 Å². The lowest BCUT2D eigenvalue weighted by atomic mass is 9.77. The van der Waals surface area contributed by atoms with Gasteiger partial charge in [-0.25, -0.2) is 9.13 Å². The average Bonchev–Trinajstić information content (AvgIpc) is 3.62. The maximum atomic E-state index is 11.1. The molecular formula is C42H52N3O4S3+. The molecule has 0 fully saturated rings. The maximum Gasteiger partial charge on any atom is 0.303 e. The van der Waals surface area contributed by atoms with Crippen LogP contribution in [0.5, 0.6) is 0 Å². The number of thioether (sulfide) groups is 3. The van der Waals surface area contributed by atoms with Gasteiger partial charge in [0, 0.05) is 40.1 Å². The van der Waals surface area contributed by atoms with E-state index in [1.807, 2.05) is 11.8 Å². The molecule has 52 heavy (non-hydrogen) atoms. The molecule has 2 aliphatic carbocycles. The number of para-hydroxylation sites is 2. The van der Waals surface area contributed by atoms with Crippen LogP contribution in [-0.4, -0.2) is 45.8 Å². The number of rotatable bonds is 17. The zero-order valence-electron chi connectivity index (χ0n) is 30.7. The maximum absolute atomic E-state index is 11.1. The Morgan fingerprint density at radius 1 is 0.904 bits per heavy atom. The van der Waals surface area contributed by atoms with E-state index in [2.05, 4.69) is 94.2 Å². The molecule has 0 saturated carbocycles. The molecule has 2 aromatic carbocycles. The van der Waals surface area contributed by atoms with Crippen molar-refractivity contribution in [1.82, 2.24) is 4.57 Å². The largest absolute Gasteiger partial charge is 0.481 e. The van der Waals surface area contributed by atoms with Gasteiger partial charge in [-0.1, -0.05) is 42.5 Å². The molecule has 1 aliphatic heterocycles. The number of allylic oxidation sites excluding steroid dienone is 6. The standard InChI is InChI=1S/C42H51N3O4S3/c1-4-43-33-13-9-10-14-34(33)44(21-11-5-7-15-41(46)47)39(43)25-29-17-19-31-20-18-30(24-32(31)23-29)26-40-45(22-12-6-8-16-42(48)49)35-27-37(50-2)38(51-3)28-36(35)52-40/h9-10,13-14,23-28,31H,4-8,11-12,15-22H2,1-3H3,(H-,46,47,48,49)/p+1. The van der Waals surface area contributed by atoms with Gasteiger partial charge in [0.1, 0.15) is 0 Å². The molecule has 0 bridgehead atoms. The molecule has 2 N–H and O–H groups in total. The molecule has 3 aromatic rings. The molecule has 0 amide bonds. The summed E-state index contributed by atoms with van der Waals surface area (Å²) >= 11 is 5.47. The number of imidazole rings is 1. The lowest BCUT2D eigenvalue weighted by molar-refractivity contribution is -0.674. The van der Waals surface area contributed by atoms with Crippen molar-refractivity contribution in [2.75, 3.05) is 24.0 Å². The van der Waals surface area contributed by atoms with Crippen molar-refractivity contribution in [3.05, 3.63) is 82.2 Å². The number of carboxylic acids is 2. The molecule has 3 aliphatic rings. The Morgan fingerprint density at radius 3 is 2.35 bits per heavy atom. The topological polar surface area (TPSA) is 86.7 Å². The molecule has 1 unspecified atom stereocenters. The first kappa shape index (κ1) is 38.4. The predicted octanol–water partition coefficient (Wildman–Crippen LogP) is 10.6. The molecule has 10 heteroatoms. The summed E-state index contributed by atoms with van der Waals surface area (Å²) in [6, 6.07) is 13.3.